The van der Waals surface area contributed by atoms with E-state index in [0.717, 1.165) is 43.6 Å². The molecule has 0 radical (unpaired) electrons. The average molecular weight is 516 g/mol. The highest BCUT2D eigenvalue weighted by Gasteiger charge is 2.21. The van der Waals surface area contributed by atoms with Gasteiger partial charge in [0, 0.05) is 43.4 Å². The van der Waals surface area contributed by atoms with Crippen LogP contribution in [-0.2, 0) is 19.0 Å². The molecular weight excluding hydrogens is 478 g/mol. The van der Waals surface area contributed by atoms with Crippen LogP contribution in [0.4, 0.5) is 0 Å². The van der Waals surface area contributed by atoms with Gasteiger partial charge >= 0.3 is 5.97 Å². The maximum Gasteiger partial charge on any atom is 0.305 e. The number of ether oxygens (including phenoxy) is 3. The predicted molar refractivity (Wildman–Crippen MR) is 141 cm³/mol. The van der Waals surface area contributed by atoms with Gasteiger partial charge in [-0.1, -0.05) is 49.2 Å². The summed E-state index contributed by atoms with van der Waals surface area (Å²) in [5.41, 5.74) is 2.33. The molecular formula is C29H38ClNO5. The van der Waals surface area contributed by atoms with Gasteiger partial charge in [0.2, 0.25) is 0 Å². The van der Waals surface area contributed by atoms with Gasteiger partial charge in [-0.2, -0.15) is 0 Å². The number of esters is 1. The predicted octanol–water partition coefficient (Wildman–Crippen LogP) is 5.97. The number of hydrogen-bond donors (Lipinski definition) is 1. The quantitative estimate of drug-likeness (QED) is 0.263. The minimum Gasteiger partial charge on any atom is -0.469 e. The lowest BCUT2D eigenvalue weighted by Crippen LogP contribution is -2.31. The molecule has 1 heterocycles. The Kier molecular flexibility index (Phi) is 11.7. The van der Waals surface area contributed by atoms with Crippen LogP contribution in [0.2, 0.25) is 5.02 Å². The molecule has 6 nitrogen and oxygen atoms in total. The number of nitrogens with one attached hydrogen (secondary N) is 1. The lowest BCUT2D eigenvalue weighted by molar-refractivity contribution is -0.141. The molecule has 1 fully saturated rings. The molecule has 0 aromatic heterocycles. The third kappa shape index (κ3) is 8.91. The maximum absolute atomic E-state index is 13.0. The summed E-state index contributed by atoms with van der Waals surface area (Å²) in [5.74, 6) is 0.656. The summed E-state index contributed by atoms with van der Waals surface area (Å²) in [5, 5.41) is 3.74. The minimum atomic E-state index is -0.413. The molecule has 0 spiro atoms. The third-order valence-electron chi connectivity index (χ3n) is 6.69. The number of rotatable bonds is 13. The Bertz CT molecular complexity index is 976. The van der Waals surface area contributed by atoms with Gasteiger partial charge in [-0.25, -0.2) is 0 Å². The highest BCUT2D eigenvalue weighted by Crippen LogP contribution is 2.29. The van der Waals surface area contributed by atoms with E-state index in [1.54, 1.807) is 0 Å². The van der Waals surface area contributed by atoms with Crippen molar-refractivity contribution < 1.29 is 23.8 Å². The van der Waals surface area contributed by atoms with Crippen molar-refractivity contribution in [2.75, 3.05) is 33.5 Å². The van der Waals surface area contributed by atoms with Gasteiger partial charge < -0.3 is 19.5 Å². The molecule has 2 aromatic carbocycles. The molecule has 3 rings (SSSR count). The molecule has 1 amide bonds. The molecule has 1 aliphatic rings. The van der Waals surface area contributed by atoms with Crippen molar-refractivity contribution in [2.45, 2.75) is 51.6 Å². The Labute approximate surface area is 219 Å². The fourth-order valence-corrected chi connectivity index (χ4v) is 4.81. The van der Waals surface area contributed by atoms with E-state index in [0.29, 0.717) is 42.0 Å². The Morgan fingerprint density at radius 1 is 1.17 bits per heavy atom. The largest absolute Gasteiger partial charge is 0.469 e. The zero-order valence-electron chi connectivity index (χ0n) is 21.3. The van der Waals surface area contributed by atoms with E-state index in [1.165, 1.54) is 13.5 Å². The topological polar surface area (TPSA) is 73.9 Å². The number of benzene rings is 2. The van der Waals surface area contributed by atoms with Crippen molar-refractivity contribution in [1.29, 1.82) is 0 Å². The van der Waals surface area contributed by atoms with Gasteiger partial charge in [-0.05, 0) is 72.9 Å². The summed E-state index contributed by atoms with van der Waals surface area (Å²) < 4.78 is 16.5. The first-order chi connectivity index (χ1) is 17.5. The summed E-state index contributed by atoms with van der Waals surface area (Å²) in [6.07, 6.45) is 4.83. The summed E-state index contributed by atoms with van der Waals surface area (Å²) in [6, 6.07) is 15.0. The first kappa shape index (κ1) is 28.2. The van der Waals surface area contributed by atoms with E-state index < -0.39 is 6.10 Å². The Hall–Kier alpha value is -2.41. The van der Waals surface area contributed by atoms with Crippen molar-refractivity contribution in [2.24, 2.45) is 11.8 Å². The van der Waals surface area contributed by atoms with E-state index in [4.69, 9.17) is 25.8 Å². The molecule has 3 atom stereocenters. The van der Waals surface area contributed by atoms with E-state index in [9.17, 15) is 9.59 Å². The summed E-state index contributed by atoms with van der Waals surface area (Å²) in [4.78, 5) is 24.5. The van der Waals surface area contributed by atoms with E-state index in [2.05, 4.69) is 12.2 Å². The standard InChI is InChI=1S/C29H38ClNO5/c1-3-21(16-22-8-6-14-35-20-22)19-31-29(33)25-11-4-9-23(17-25)28(24-10-5-12-26(30)18-24)36-15-7-13-27(32)34-2/h4-5,9-12,17-18,21-22,28H,3,6-8,13-16,19-20H2,1-2H3,(H,31,33)/t21-,22-,28?/m1/s1. The van der Waals surface area contributed by atoms with Gasteiger partial charge in [-0.3, -0.25) is 9.59 Å². The van der Waals surface area contributed by atoms with Crippen molar-refractivity contribution in [3.05, 3.63) is 70.2 Å². The Morgan fingerprint density at radius 2 is 1.94 bits per heavy atom. The third-order valence-corrected chi connectivity index (χ3v) is 6.93. The molecule has 7 heteroatoms. The SMILES string of the molecule is CC[C@@H](CNC(=O)c1cccc(C(OCCCC(=O)OC)c2cccc(Cl)c2)c1)C[C@H]1CCCOC1. The second-order valence-electron chi connectivity index (χ2n) is 9.41. The van der Waals surface area contributed by atoms with Gasteiger partial charge in [0.1, 0.15) is 6.10 Å². The van der Waals surface area contributed by atoms with E-state index in [1.807, 2.05) is 48.5 Å². The van der Waals surface area contributed by atoms with Crippen LogP contribution in [0.3, 0.4) is 0 Å². The molecule has 1 aliphatic heterocycles. The zero-order chi connectivity index (χ0) is 25.8. The van der Waals surface area contributed by atoms with Gasteiger partial charge in [0.25, 0.3) is 5.91 Å². The lowest BCUT2D eigenvalue weighted by Gasteiger charge is -2.26. The molecule has 36 heavy (non-hydrogen) atoms. The first-order valence-corrected chi connectivity index (χ1v) is 13.3. The van der Waals surface area contributed by atoms with Crippen LogP contribution in [0.5, 0.6) is 0 Å². The smallest absolute Gasteiger partial charge is 0.305 e. The van der Waals surface area contributed by atoms with Gasteiger partial charge in [0.15, 0.2) is 0 Å². The molecule has 1 saturated heterocycles. The number of hydrogen-bond acceptors (Lipinski definition) is 5. The summed E-state index contributed by atoms with van der Waals surface area (Å²) in [6.45, 7) is 4.89. The average Bonchev–Trinajstić information content (AvgIpc) is 2.91. The van der Waals surface area contributed by atoms with Crippen molar-refractivity contribution in [3.8, 4) is 0 Å². The maximum atomic E-state index is 13.0. The fourth-order valence-electron chi connectivity index (χ4n) is 4.62. The van der Waals surface area contributed by atoms with Crippen molar-refractivity contribution in [3.63, 3.8) is 0 Å². The van der Waals surface area contributed by atoms with Crippen molar-refractivity contribution in [1.82, 2.24) is 5.32 Å². The second kappa shape index (κ2) is 15.0. The van der Waals surface area contributed by atoms with Crippen LogP contribution in [0.15, 0.2) is 48.5 Å². The highest BCUT2D eigenvalue weighted by molar-refractivity contribution is 6.30. The van der Waals surface area contributed by atoms with Crippen LogP contribution in [0, 0.1) is 11.8 Å². The van der Waals surface area contributed by atoms with Gasteiger partial charge in [0.05, 0.1) is 7.11 Å². The first-order valence-electron chi connectivity index (χ1n) is 12.9. The normalized spacial score (nSPS) is 17.2. The molecule has 2 aromatic rings. The highest BCUT2D eigenvalue weighted by atomic mass is 35.5. The summed E-state index contributed by atoms with van der Waals surface area (Å²) in [7, 11) is 1.38. The zero-order valence-corrected chi connectivity index (χ0v) is 22.1. The number of carbonyl (C=O) groups is 2. The number of methoxy groups -OCH3 is 1. The molecule has 1 unspecified atom stereocenters. The monoisotopic (exact) mass is 515 g/mol. The summed E-state index contributed by atoms with van der Waals surface area (Å²) >= 11 is 6.25. The van der Waals surface area contributed by atoms with Crippen LogP contribution >= 0.6 is 11.6 Å². The Morgan fingerprint density at radius 3 is 2.64 bits per heavy atom. The van der Waals surface area contributed by atoms with Crippen LogP contribution in [0.25, 0.3) is 0 Å². The molecule has 0 aliphatic carbocycles. The number of halogens is 1. The van der Waals surface area contributed by atoms with E-state index >= 15 is 0 Å². The van der Waals surface area contributed by atoms with Crippen molar-refractivity contribution >= 4 is 23.5 Å². The van der Waals surface area contributed by atoms with Crippen LogP contribution < -0.4 is 5.32 Å². The molecule has 0 bridgehead atoms. The van der Waals surface area contributed by atoms with E-state index in [-0.39, 0.29) is 18.3 Å². The lowest BCUT2D eigenvalue weighted by atomic mass is 9.89. The Balaban J connectivity index is 1.66. The van der Waals surface area contributed by atoms with Crippen LogP contribution in [-0.4, -0.2) is 45.4 Å². The molecule has 196 valence electrons. The number of amides is 1. The van der Waals surface area contributed by atoms with Gasteiger partial charge in [-0.15, -0.1) is 0 Å². The fraction of sp³-hybridized carbons (Fsp3) is 0.517. The molecule has 1 N–H and O–H groups in total. The number of carbonyl (C=O) groups excluding carboxylic acids is 2. The minimum absolute atomic E-state index is 0.0919. The van der Waals surface area contributed by atoms with Crippen LogP contribution in [0.1, 0.15) is 73.0 Å². The molecule has 0 saturated carbocycles. The second-order valence-corrected chi connectivity index (χ2v) is 9.85.